The van der Waals surface area contributed by atoms with Gasteiger partial charge in [0, 0.05) is 23.3 Å². The molecule has 9 heteroatoms. The van der Waals surface area contributed by atoms with E-state index in [1.54, 1.807) is 22.8 Å². The van der Waals surface area contributed by atoms with Crippen LogP contribution in [0, 0.1) is 17.6 Å². The summed E-state index contributed by atoms with van der Waals surface area (Å²) < 4.78 is 27.9. The summed E-state index contributed by atoms with van der Waals surface area (Å²) in [7, 11) is 0. The van der Waals surface area contributed by atoms with E-state index in [2.05, 4.69) is 24.1 Å². The van der Waals surface area contributed by atoms with E-state index in [0.717, 1.165) is 30.3 Å². The molecule has 0 radical (unpaired) electrons. The number of hydrogen-bond acceptors (Lipinski definition) is 4. The second-order valence-corrected chi connectivity index (χ2v) is 8.54. The monoisotopic (exact) mass is 451 g/mol. The Morgan fingerprint density at radius 3 is 2.67 bits per heavy atom. The molecule has 2 aromatic carbocycles. The maximum absolute atomic E-state index is 13.3. The van der Waals surface area contributed by atoms with Gasteiger partial charge in [-0.1, -0.05) is 37.2 Å². The van der Waals surface area contributed by atoms with E-state index in [0.29, 0.717) is 33.5 Å². The van der Waals surface area contributed by atoms with Crippen molar-refractivity contribution in [3.63, 3.8) is 0 Å². The van der Waals surface area contributed by atoms with Crippen molar-refractivity contribution in [3.8, 4) is 0 Å². The summed E-state index contributed by atoms with van der Waals surface area (Å²) in [6, 6.07) is 8.01. The first-order valence-electron chi connectivity index (χ1n) is 9.32. The fourth-order valence-corrected chi connectivity index (χ4v) is 3.76. The van der Waals surface area contributed by atoms with Crippen molar-refractivity contribution in [2.75, 3.05) is 11.1 Å². The minimum Gasteiger partial charge on any atom is -0.325 e. The first-order chi connectivity index (χ1) is 14.2. The van der Waals surface area contributed by atoms with Crippen LogP contribution in [0.5, 0.6) is 0 Å². The molecule has 0 aliphatic rings. The van der Waals surface area contributed by atoms with Crippen molar-refractivity contribution in [2.24, 2.45) is 5.92 Å². The van der Waals surface area contributed by atoms with Crippen LogP contribution in [0.1, 0.15) is 20.3 Å². The molecule has 30 heavy (non-hydrogen) atoms. The molecule has 0 aliphatic heterocycles. The van der Waals surface area contributed by atoms with Crippen LogP contribution in [0.4, 0.5) is 14.5 Å². The number of fused-ring (bicyclic) bond motifs is 1. The fourth-order valence-electron chi connectivity index (χ4n) is 2.77. The molecule has 0 spiro atoms. The Morgan fingerprint density at radius 1 is 1.20 bits per heavy atom. The average Bonchev–Trinajstić information content (AvgIpc) is 2.68. The molecule has 158 valence electrons. The molecule has 1 N–H and O–H groups in total. The quantitative estimate of drug-likeness (QED) is 0.400. The predicted molar refractivity (Wildman–Crippen MR) is 116 cm³/mol. The number of thioether (sulfide) groups is 1. The van der Waals surface area contributed by atoms with Crippen LogP contribution in [0.25, 0.3) is 10.9 Å². The number of benzene rings is 2. The largest absolute Gasteiger partial charge is 0.325 e. The normalized spacial score (nSPS) is 11.3. The lowest BCUT2D eigenvalue weighted by molar-refractivity contribution is -0.113. The Balaban J connectivity index is 1.83. The van der Waals surface area contributed by atoms with Gasteiger partial charge in [-0.25, -0.2) is 13.8 Å². The maximum Gasteiger partial charge on any atom is 0.262 e. The van der Waals surface area contributed by atoms with Gasteiger partial charge < -0.3 is 5.32 Å². The average molecular weight is 452 g/mol. The summed E-state index contributed by atoms with van der Waals surface area (Å²) in [6.07, 6.45) is 0.773. The molecular formula is C21H20ClF2N3O2S. The van der Waals surface area contributed by atoms with E-state index >= 15 is 0 Å². The first kappa shape index (κ1) is 22.2. The minimum atomic E-state index is -1.05. The van der Waals surface area contributed by atoms with Crippen LogP contribution in [0.2, 0.25) is 5.02 Å². The van der Waals surface area contributed by atoms with Crippen molar-refractivity contribution in [2.45, 2.75) is 32.0 Å². The van der Waals surface area contributed by atoms with Gasteiger partial charge in [-0.15, -0.1) is 0 Å². The van der Waals surface area contributed by atoms with Gasteiger partial charge in [-0.2, -0.15) is 0 Å². The molecule has 0 unspecified atom stereocenters. The van der Waals surface area contributed by atoms with Crippen LogP contribution >= 0.6 is 23.4 Å². The summed E-state index contributed by atoms with van der Waals surface area (Å²) in [5.74, 6) is -2.14. The Morgan fingerprint density at radius 2 is 1.97 bits per heavy atom. The van der Waals surface area contributed by atoms with Crippen LogP contribution < -0.4 is 10.9 Å². The van der Waals surface area contributed by atoms with Gasteiger partial charge in [0.05, 0.1) is 16.7 Å². The molecule has 1 heterocycles. The van der Waals surface area contributed by atoms with Crippen LogP contribution in [-0.2, 0) is 11.3 Å². The minimum absolute atomic E-state index is 0.0564. The van der Waals surface area contributed by atoms with Gasteiger partial charge in [0.2, 0.25) is 5.91 Å². The molecule has 0 atom stereocenters. The molecular weight excluding hydrogens is 432 g/mol. The molecule has 3 aromatic rings. The maximum atomic E-state index is 13.3. The van der Waals surface area contributed by atoms with Crippen molar-refractivity contribution in [1.82, 2.24) is 9.55 Å². The number of anilines is 1. The van der Waals surface area contributed by atoms with E-state index in [9.17, 15) is 18.4 Å². The van der Waals surface area contributed by atoms with Gasteiger partial charge in [0.15, 0.2) is 16.8 Å². The second-order valence-electron chi connectivity index (χ2n) is 7.16. The van der Waals surface area contributed by atoms with E-state index in [-0.39, 0.29) is 17.0 Å². The number of nitrogens with zero attached hydrogens (tertiary/aromatic N) is 2. The molecule has 0 aliphatic carbocycles. The highest BCUT2D eigenvalue weighted by Crippen LogP contribution is 2.22. The number of amides is 1. The first-order valence-corrected chi connectivity index (χ1v) is 10.7. The molecule has 0 bridgehead atoms. The van der Waals surface area contributed by atoms with E-state index in [1.165, 1.54) is 6.07 Å². The molecule has 1 aromatic heterocycles. The Kier molecular flexibility index (Phi) is 7.10. The van der Waals surface area contributed by atoms with E-state index < -0.39 is 17.5 Å². The number of hydrogen-bond donors (Lipinski definition) is 1. The van der Waals surface area contributed by atoms with Gasteiger partial charge in [-0.05, 0) is 42.7 Å². The summed E-state index contributed by atoms with van der Waals surface area (Å²) in [6.45, 7) is 4.58. The Labute approximate surface area is 181 Å². The van der Waals surface area contributed by atoms with Crippen molar-refractivity contribution < 1.29 is 13.6 Å². The third kappa shape index (κ3) is 5.37. The molecule has 3 rings (SSSR count). The number of halogens is 3. The number of carbonyl (C=O) groups is 1. The highest BCUT2D eigenvalue weighted by Gasteiger charge is 2.15. The number of nitrogens with one attached hydrogen (secondary N) is 1. The summed E-state index contributed by atoms with van der Waals surface area (Å²) in [4.78, 5) is 29.8. The number of rotatable bonds is 7. The fraction of sp³-hybridized carbons (Fsp3) is 0.286. The SMILES string of the molecule is CC(C)CCn1c(SCC(=O)Nc2ccc(F)c(F)c2)nc2cc(Cl)ccc2c1=O. The van der Waals surface area contributed by atoms with E-state index in [4.69, 9.17) is 11.6 Å². The third-order valence-corrected chi connectivity index (χ3v) is 5.56. The van der Waals surface area contributed by atoms with Gasteiger partial charge in [0.25, 0.3) is 5.56 Å². The topological polar surface area (TPSA) is 64.0 Å². The molecule has 5 nitrogen and oxygen atoms in total. The molecule has 0 fully saturated rings. The Hall–Kier alpha value is -2.45. The molecule has 1 amide bonds. The van der Waals surface area contributed by atoms with Crippen molar-refractivity contribution >= 4 is 45.9 Å². The van der Waals surface area contributed by atoms with E-state index in [1.807, 2.05) is 0 Å². The summed E-state index contributed by atoms with van der Waals surface area (Å²) in [5.41, 5.74) is 0.410. The second kappa shape index (κ2) is 9.57. The zero-order valence-electron chi connectivity index (χ0n) is 16.4. The van der Waals surface area contributed by atoms with Crippen LogP contribution in [0.15, 0.2) is 46.3 Å². The van der Waals surface area contributed by atoms with Gasteiger partial charge in [0.1, 0.15) is 0 Å². The lowest BCUT2D eigenvalue weighted by Crippen LogP contribution is -2.25. The predicted octanol–water partition coefficient (Wildman–Crippen LogP) is 5.11. The van der Waals surface area contributed by atoms with Gasteiger partial charge in [-0.3, -0.25) is 14.2 Å². The zero-order chi connectivity index (χ0) is 21.8. The lowest BCUT2D eigenvalue weighted by Gasteiger charge is -2.14. The highest BCUT2D eigenvalue weighted by atomic mass is 35.5. The lowest BCUT2D eigenvalue weighted by atomic mass is 10.1. The molecule has 0 saturated carbocycles. The highest BCUT2D eigenvalue weighted by molar-refractivity contribution is 7.99. The third-order valence-electron chi connectivity index (χ3n) is 4.35. The summed E-state index contributed by atoms with van der Waals surface area (Å²) in [5, 5.41) is 3.82. The smallest absolute Gasteiger partial charge is 0.262 e. The van der Waals surface area contributed by atoms with Crippen molar-refractivity contribution in [1.29, 1.82) is 0 Å². The van der Waals surface area contributed by atoms with Crippen LogP contribution in [0.3, 0.4) is 0 Å². The van der Waals surface area contributed by atoms with Gasteiger partial charge >= 0.3 is 0 Å². The Bertz CT molecular complexity index is 1150. The van der Waals surface area contributed by atoms with Crippen molar-refractivity contribution in [3.05, 3.63) is 63.4 Å². The number of aromatic nitrogens is 2. The molecule has 0 saturated heterocycles. The standard InChI is InChI=1S/C21H20ClF2N3O2S/c1-12(2)7-8-27-20(29)15-5-3-13(22)9-18(15)26-21(27)30-11-19(28)25-14-4-6-16(23)17(24)10-14/h3-6,9-10,12H,7-8,11H2,1-2H3,(H,25,28). The van der Waals surface area contributed by atoms with Crippen LogP contribution in [-0.4, -0.2) is 21.2 Å². The summed E-state index contributed by atoms with van der Waals surface area (Å²) >= 11 is 7.13. The number of carbonyl (C=O) groups excluding carboxylic acids is 1. The zero-order valence-corrected chi connectivity index (χ0v) is 18.0.